The number of H-pyrrole nitrogens is 1. The molecule has 0 radical (unpaired) electrons. The van der Waals surface area contributed by atoms with Gasteiger partial charge >= 0.3 is 0 Å². The molecule has 8 heteroatoms. The number of aromatic nitrogens is 5. The molecule has 3 N–H and O–H groups in total. The Kier molecular flexibility index (Phi) is 3.90. The molecule has 0 aliphatic rings. The average Bonchev–Trinajstić information content (AvgIpc) is 3.39. The van der Waals surface area contributed by atoms with Crippen LogP contribution in [0, 0.1) is 5.82 Å². The van der Waals surface area contributed by atoms with Crippen molar-refractivity contribution in [1.29, 1.82) is 0 Å². The van der Waals surface area contributed by atoms with Crippen molar-refractivity contribution in [3.05, 3.63) is 72.4 Å². The number of nitrogens with one attached hydrogen (secondary N) is 1. The second-order valence-corrected chi connectivity index (χ2v) is 6.79. The second-order valence-electron chi connectivity index (χ2n) is 6.79. The van der Waals surface area contributed by atoms with E-state index in [0.29, 0.717) is 16.7 Å². The van der Waals surface area contributed by atoms with Crippen LogP contribution < -0.4 is 10.5 Å². The van der Waals surface area contributed by atoms with Gasteiger partial charge in [0.05, 0.1) is 22.9 Å². The number of halogens is 1. The molecular formula is C21H17FN6O. The number of ether oxygens (including phenoxy) is 1. The Bertz CT molecular complexity index is 1330. The van der Waals surface area contributed by atoms with Crippen LogP contribution in [-0.4, -0.2) is 25.0 Å². The van der Waals surface area contributed by atoms with Crippen LogP contribution >= 0.6 is 0 Å². The van der Waals surface area contributed by atoms with Gasteiger partial charge in [0.1, 0.15) is 11.9 Å². The van der Waals surface area contributed by atoms with Crippen molar-refractivity contribution in [1.82, 2.24) is 25.0 Å². The molecule has 1 atom stereocenters. The number of hydrogen-bond acceptors (Lipinski definition) is 5. The number of nitrogens with zero attached hydrogens (tertiary/aromatic N) is 4. The first kappa shape index (κ1) is 17.2. The Morgan fingerprint density at radius 3 is 2.90 bits per heavy atom. The minimum atomic E-state index is -0.378. The van der Waals surface area contributed by atoms with Crippen molar-refractivity contribution in [2.45, 2.75) is 13.0 Å². The maximum atomic E-state index is 13.6. The van der Waals surface area contributed by atoms with E-state index in [4.69, 9.17) is 10.5 Å². The number of rotatable bonds is 4. The molecule has 0 aliphatic carbocycles. The third-order valence-electron chi connectivity index (χ3n) is 4.85. The summed E-state index contributed by atoms with van der Waals surface area (Å²) in [7, 11) is 0. The topological polar surface area (TPSA) is 94.6 Å². The van der Waals surface area contributed by atoms with E-state index in [9.17, 15) is 4.39 Å². The number of nitrogens with two attached hydrogens (primary N) is 1. The summed E-state index contributed by atoms with van der Waals surface area (Å²) in [6.45, 7) is 1.92. The van der Waals surface area contributed by atoms with E-state index in [0.717, 1.165) is 22.2 Å². The lowest BCUT2D eigenvalue weighted by atomic mass is 10.1. The molecule has 0 unspecified atom stereocenters. The van der Waals surface area contributed by atoms with Crippen LogP contribution in [-0.2, 0) is 0 Å². The van der Waals surface area contributed by atoms with Crippen molar-refractivity contribution >= 4 is 27.6 Å². The van der Waals surface area contributed by atoms with Crippen LogP contribution in [0.4, 0.5) is 10.2 Å². The molecule has 2 aromatic carbocycles. The smallest absolute Gasteiger partial charge is 0.166 e. The maximum absolute atomic E-state index is 13.6. The van der Waals surface area contributed by atoms with Gasteiger partial charge in [-0.05, 0) is 49.4 Å². The monoisotopic (exact) mass is 388 g/mol. The maximum Gasteiger partial charge on any atom is 0.166 e. The van der Waals surface area contributed by atoms with Crippen molar-refractivity contribution in [2.75, 3.05) is 5.73 Å². The Morgan fingerprint density at radius 1 is 1.17 bits per heavy atom. The van der Waals surface area contributed by atoms with Gasteiger partial charge in [-0.3, -0.25) is 5.10 Å². The van der Waals surface area contributed by atoms with Crippen LogP contribution in [0.3, 0.4) is 0 Å². The van der Waals surface area contributed by atoms with E-state index in [1.54, 1.807) is 29.2 Å². The highest BCUT2D eigenvalue weighted by Crippen LogP contribution is 2.33. The quantitative estimate of drug-likeness (QED) is 0.482. The molecule has 144 valence electrons. The highest BCUT2D eigenvalue weighted by Gasteiger charge is 2.18. The van der Waals surface area contributed by atoms with Gasteiger partial charge in [0.15, 0.2) is 11.6 Å². The molecule has 0 saturated heterocycles. The minimum absolute atomic E-state index is 0.249. The molecule has 5 rings (SSSR count). The number of aromatic amines is 1. The Balaban J connectivity index is 1.58. The molecule has 0 bridgehead atoms. The number of hydrogen-bond donors (Lipinski definition) is 2. The Morgan fingerprint density at radius 2 is 2.07 bits per heavy atom. The fourth-order valence-corrected chi connectivity index (χ4v) is 3.42. The van der Waals surface area contributed by atoms with E-state index >= 15 is 0 Å². The van der Waals surface area contributed by atoms with Gasteiger partial charge in [-0.1, -0.05) is 0 Å². The van der Waals surface area contributed by atoms with Gasteiger partial charge in [0.2, 0.25) is 0 Å². The molecule has 0 aliphatic heterocycles. The standard InChI is InChI=1S/C21H17FN6O/c1-12(29-20-9-13-7-15(22)3-4-17(13)26-21(20)23)16-10-18-14(11-24-27-18)8-19(16)28-6-2-5-25-28/h2-12H,1H3,(H2,23,26)(H,24,27)/t12-/m0/s1. The Labute approximate surface area is 164 Å². The lowest BCUT2D eigenvalue weighted by molar-refractivity contribution is 0.227. The van der Waals surface area contributed by atoms with Crippen molar-refractivity contribution in [3.8, 4) is 11.4 Å². The van der Waals surface area contributed by atoms with E-state index < -0.39 is 0 Å². The normalized spacial score (nSPS) is 12.5. The third kappa shape index (κ3) is 3.04. The first-order valence-corrected chi connectivity index (χ1v) is 9.08. The van der Waals surface area contributed by atoms with Crippen molar-refractivity contribution < 1.29 is 9.13 Å². The molecule has 3 heterocycles. The van der Waals surface area contributed by atoms with Crippen LogP contribution in [0.5, 0.6) is 5.75 Å². The first-order valence-electron chi connectivity index (χ1n) is 9.08. The summed E-state index contributed by atoms with van der Waals surface area (Å²) in [6, 6.07) is 11.9. The number of pyridine rings is 1. The van der Waals surface area contributed by atoms with E-state index in [-0.39, 0.29) is 17.7 Å². The zero-order chi connectivity index (χ0) is 20.0. The summed E-state index contributed by atoms with van der Waals surface area (Å²) in [5.74, 6) is 0.305. The van der Waals surface area contributed by atoms with Gasteiger partial charge < -0.3 is 10.5 Å². The van der Waals surface area contributed by atoms with E-state index in [1.807, 2.05) is 31.3 Å². The van der Waals surface area contributed by atoms with Crippen LogP contribution in [0.1, 0.15) is 18.6 Å². The molecule has 0 spiro atoms. The molecule has 29 heavy (non-hydrogen) atoms. The lowest BCUT2D eigenvalue weighted by Gasteiger charge is -2.20. The summed E-state index contributed by atoms with van der Waals surface area (Å²) in [6.07, 6.45) is 4.97. The second kappa shape index (κ2) is 6.59. The number of benzene rings is 2. The van der Waals surface area contributed by atoms with Crippen molar-refractivity contribution in [3.63, 3.8) is 0 Å². The van der Waals surface area contributed by atoms with Crippen LogP contribution in [0.15, 0.2) is 61.1 Å². The summed E-state index contributed by atoms with van der Waals surface area (Å²) in [4.78, 5) is 4.33. The molecule has 0 saturated carbocycles. The van der Waals surface area contributed by atoms with Gasteiger partial charge in [-0.15, -0.1) is 0 Å². The predicted molar refractivity (Wildman–Crippen MR) is 108 cm³/mol. The summed E-state index contributed by atoms with van der Waals surface area (Å²) in [5.41, 5.74) is 9.36. The zero-order valence-corrected chi connectivity index (χ0v) is 15.5. The Hall–Kier alpha value is -3.94. The van der Waals surface area contributed by atoms with E-state index in [1.165, 1.54) is 12.1 Å². The minimum Gasteiger partial charge on any atom is -0.482 e. The SMILES string of the molecule is C[C@H](Oc1cc2cc(F)ccc2nc1N)c1cc2[nH]ncc2cc1-n1cccn1. The van der Waals surface area contributed by atoms with Crippen LogP contribution in [0.2, 0.25) is 0 Å². The van der Waals surface area contributed by atoms with Crippen LogP contribution in [0.25, 0.3) is 27.5 Å². The van der Waals surface area contributed by atoms with Gasteiger partial charge in [0.25, 0.3) is 0 Å². The molecule has 7 nitrogen and oxygen atoms in total. The summed E-state index contributed by atoms with van der Waals surface area (Å²) < 4.78 is 21.5. The first-order chi connectivity index (χ1) is 14.1. The summed E-state index contributed by atoms with van der Waals surface area (Å²) in [5, 5.41) is 13.0. The zero-order valence-electron chi connectivity index (χ0n) is 15.5. The number of anilines is 1. The average molecular weight is 388 g/mol. The number of fused-ring (bicyclic) bond motifs is 2. The highest BCUT2D eigenvalue weighted by molar-refractivity contribution is 5.83. The third-order valence-corrected chi connectivity index (χ3v) is 4.85. The highest BCUT2D eigenvalue weighted by atomic mass is 19.1. The molecular weight excluding hydrogens is 371 g/mol. The summed E-state index contributed by atoms with van der Waals surface area (Å²) >= 11 is 0. The van der Waals surface area contributed by atoms with Gasteiger partial charge in [-0.25, -0.2) is 14.1 Å². The molecule has 0 fully saturated rings. The van der Waals surface area contributed by atoms with Gasteiger partial charge in [0, 0.05) is 28.7 Å². The molecule has 5 aromatic rings. The molecule has 3 aromatic heterocycles. The number of nitrogen functional groups attached to an aromatic ring is 1. The van der Waals surface area contributed by atoms with Gasteiger partial charge in [-0.2, -0.15) is 10.2 Å². The predicted octanol–water partition coefficient (Wildman–Crippen LogP) is 4.16. The van der Waals surface area contributed by atoms with E-state index in [2.05, 4.69) is 20.3 Å². The molecule has 0 amide bonds. The van der Waals surface area contributed by atoms with Crippen molar-refractivity contribution in [2.24, 2.45) is 0 Å². The fraction of sp³-hybridized carbons (Fsp3) is 0.0952. The fourth-order valence-electron chi connectivity index (χ4n) is 3.42. The largest absolute Gasteiger partial charge is 0.482 e. The lowest BCUT2D eigenvalue weighted by Crippen LogP contribution is -2.10.